The largest absolute Gasteiger partial charge is 0.367 e. The highest BCUT2D eigenvalue weighted by Gasteiger charge is 2.20. The fourth-order valence-electron chi connectivity index (χ4n) is 2.88. The van der Waals surface area contributed by atoms with Crippen molar-refractivity contribution in [1.82, 2.24) is 4.90 Å². The lowest BCUT2D eigenvalue weighted by atomic mass is 10.0. The van der Waals surface area contributed by atoms with Crippen molar-refractivity contribution in [2.75, 3.05) is 44.2 Å². The minimum atomic E-state index is -0.114. The standard InChI is InChI=1S/C16H26FN3/c1-14(5-4-8-18)13-19-9-11-20(12-10-19)16-7-3-2-6-15(16)17/h2-3,6-7,14H,4-5,8-13,18H2,1H3. The van der Waals surface area contributed by atoms with Crippen LogP contribution in [0.3, 0.4) is 0 Å². The van der Waals surface area contributed by atoms with E-state index in [2.05, 4.69) is 16.7 Å². The predicted molar refractivity (Wildman–Crippen MR) is 82.5 cm³/mol. The van der Waals surface area contributed by atoms with Gasteiger partial charge in [-0.15, -0.1) is 0 Å². The number of benzene rings is 1. The molecule has 1 aliphatic rings. The fraction of sp³-hybridized carbons (Fsp3) is 0.625. The first kappa shape index (κ1) is 15.3. The summed E-state index contributed by atoms with van der Waals surface area (Å²) < 4.78 is 13.8. The van der Waals surface area contributed by atoms with Gasteiger partial charge in [0, 0.05) is 32.7 Å². The van der Waals surface area contributed by atoms with Crippen LogP contribution in [0.1, 0.15) is 19.8 Å². The van der Waals surface area contributed by atoms with E-state index in [-0.39, 0.29) is 5.82 Å². The molecule has 1 unspecified atom stereocenters. The van der Waals surface area contributed by atoms with Crippen LogP contribution >= 0.6 is 0 Å². The first-order valence-corrected chi connectivity index (χ1v) is 7.62. The summed E-state index contributed by atoms with van der Waals surface area (Å²) in [6.07, 6.45) is 2.31. The monoisotopic (exact) mass is 279 g/mol. The van der Waals surface area contributed by atoms with Gasteiger partial charge in [-0.25, -0.2) is 4.39 Å². The van der Waals surface area contributed by atoms with Gasteiger partial charge in [0.1, 0.15) is 5.82 Å². The van der Waals surface area contributed by atoms with E-state index in [1.54, 1.807) is 6.07 Å². The summed E-state index contributed by atoms with van der Waals surface area (Å²) >= 11 is 0. The number of piperazine rings is 1. The molecule has 1 heterocycles. The molecular weight excluding hydrogens is 253 g/mol. The van der Waals surface area contributed by atoms with Crippen molar-refractivity contribution in [3.63, 3.8) is 0 Å². The Morgan fingerprint density at radius 2 is 1.90 bits per heavy atom. The number of anilines is 1. The van der Waals surface area contributed by atoms with Crippen molar-refractivity contribution in [3.8, 4) is 0 Å². The maximum atomic E-state index is 13.8. The Morgan fingerprint density at radius 3 is 2.55 bits per heavy atom. The summed E-state index contributed by atoms with van der Waals surface area (Å²) in [6.45, 7) is 8.05. The molecule has 3 nitrogen and oxygen atoms in total. The van der Waals surface area contributed by atoms with E-state index in [9.17, 15) is 4.39 Å². The van der Waals surface area contributed by atoms with Crippen LogP contribution in [-0.2, 0) is 0 Å². The highest BCUT2D eigenvalue weighted by atomic mass is 19.1. The summed E-state index contributed by atoms with van der Waals surface area (Å²) in [7, 11) is 0. The average molecular weight is 279 g/mol. The molecule has 112 valence electrons. The normalized spacial score (nSPS) is 18.2. The Kier molecular flexibility index (Phi) is 5.80. The molecule has 0 aromatic heterocycles. The molecule has 0 radical (unpaired) electrons. The molecule has 0 bridgehead atoms. The van der Waals surface area contributed by atoms with Crippen LogP contribution in [0.15, 0.2) is 24.3 Å². The average Bonchev–Trinajstić information content (AvgIpc) is 2.47. The number of hydrogen-bond donors (Lipinski definition) is 1. The molecule has 1 aliphatic heterocycles. The minimum absolute atomic E-state index is 0.114. The van der Waals surface area contributed by atoms with Crippen LogP contribution in [0, 0.1) is 11.7 Å². The maximum Gasteiger partial charge on any atom is 0.146 e. The van der Waals surface area contributed by atoms with Crippen molar-refractivity contribution in [1.29, 1.82) is 0 Å². The SMILES string of the molecule is CC(CCCN)CN1CCN(c2ccccc2F)CC1. The lowest BCUT2D eigenvalue weighted by Gasteiger charge is -2.37. The van der Waals surface area contributed by atoms with Crippen LogP contribution in [0.5, 0.6) is 0 Å². The summed E-state index contributed by atoms with van der Waals surface area (Å²) in [6, 6.07) is 7.05. The maximum absolute atomic E-state index is 13.8. The summed E-state index contributed by atoms with van der Waals surface area (Å²) in [5.74, 6) is 0.579. The van der Waals surface area contributed by atoms with Gasteiger partial charge in [-0.3, -0.25) is 4.90 Å². The number of rotatable bonds is 6. The third-order valence-electron chi connectivity index (χ3n) is 4.04. The van der Waals surface area contributed by atoms with Crippen molar-refractivity contribution in [2.45, 2.75) is 19.8 Å². The van der Waals surface area contributed by atoms with Crippen molar-refractivity contribution in [3.05, 3.63) is 30.1 Å². The van der Waals surface area contributed by atoms with E-state index in [0.717, 1.165) is 51.4 Å². The molecule has 1 fully saturated rings. The predicted octanol–water partition coefficient (Wildman–Crippen LogP) is 2.32. The van der Waals surface area contributed by atoms with Gasteiger partial charge in [0.15, 0.2) is 0 Å². The van der Waals surface area contributed by atoms with Crippen LogP contribution in [0.2, 0.25) is 0 Å². The zero-order chi connectivity index (χ0) is 14.4. The second-order valence-electron chi connectivity index (χ2n) is 5.78. The summed E-state index contributed by atoms with van der Waals surface area (Å²) in [5.41, 5.74) is 6.29. The second kappa shape index (κ2) is 7.60. The van der Waals surface area contributed by atoms with Gasteiger partial charge in [0.25, 0.3) is 0 Å². The lowest BCUT2D eigenvalue weighted by Crippen LogP contribution is -2.47. The molecule has 1 aromatic rings. The second-order valence-corrected chi connectivity index (χ2v) is 5.78. The first-order chi connectivity index (χ1) is 9.70. The number of halogens is 1. The van der Waals surface area contributed by atoms with Crippen molar-refractivity contribution >= 4 is 5.69 Å². The van der Waals surface area contributed by atoms with E-state index >= 15 is 0 Å². The third-order valence-corrected chi connectivity index (χ3v) is 4.04. The van der Waals surface area contributed by atoms with E-state index in [1.165, 1.54) is 12.5 Å². The van der Waals surface area contributed by atoms with Gasteiger partial charge in [0.2, 0.25) is 0 Å². The van der Waals surface area contributed by atoms with Gasteiger partial charge < -0.3 is 10.6 Å². The van der Waals surface area contributed by atoms with E-state index in [0.29, 0.717) is 5.92 Å². The van der Waals surface area contributed by atoms with Crippen LogP contribution in [0.25, 0.3) is 0 Å². The number of para-hydroxylation sites is 1. The molecule has 2 rings (SSSR count). The van der Waals surface area contributed by atoms with Gasteiger partial charge in [-0.05, 0) is 37.4 Å². The van der Waals surface area contributed by atoms with Gasteiger partial charge >= 0.3 is 0 Å². The quantitative estimate of drug-likeness (QED) is 0.867. The Hall–Kier alpha value is -1.13. The molecular formula is C16H26FN3. The fourth-order valence-corrected chi connectivity index (χ4v) is 2.88. The van der Waals surface area contributed by atoms with Crippen molar-refractivity contribution in [2.24, 2.45) is 11.7 Å². The highest BCUT2D eigenvalue weighted by Crippen LogP contribution is 2.20. The summed E-state index contributed by atoms with van der Waals surface area (Å²) in [5, 5.41) is 0. The molecule has 0 spiro atoms. The smallest absolute Gasteiger partial charge is 0.146 e. The zero-order valence-electron chi connectivity index (χ0n) is 12.4. The Labute approximate surface area is 121 Å². The van der Waals surface area contributed by atoms with Gasteiger partial charge in [-0.2, -0.15) is 0 Å². The molecule has 1 saturated heterocycles. The molecule has 4 heteroatoms. The molecule has 0 saturated carbocycles. The molecule has 0 amide bonds. The van der Waals surface area contributed by atoms with Crippen LogP contribution in [-0.4, -0.2) is 44.2 Å². The first-order valence-electron chi connectivity index (χ1n) is 7.62. The van der Waals surface area contributed by atoms with Crippen molar-refractivity contribution < 1.29 is 4.39 Å². The Bertz CT molecular complexity index is 402. The highest BCUT2D eigenvalue weighted by molar-refractivity contribution is 5.47. The van der Waals surface area contributed by atoms with Crippen LogP contribution in [0.4, 0.5) is 10.1 Å². The van der Waals surface area contributed by atoms with E-state index in [4.69, 9.17) is 5.73 Å². The van der Waals surface area contributed by atoms with E-state index < -0.39 is 0 Å². The molecule has 20 heavy (non-hydrogen) atoms. The van der Waals surface area contributed by atoms with Crippen LogP contribution < -0.4 is 10.6 Å². The molecule has 1 atom stereocenters. The van der Waals surface area contributed by atoms with Gasteiger partial charge in [-0.1, -0.05) is 19.1 Å². The topological polar surface area (TPSA) is 32.5 Å². The third kappa shape index (κ3) is 4.18. The lowest BCUT2D eigenvalue weighted by molar-refractivity contribution is 0.219. The number of nitrogens with zero attached hydrogens (tertiary/aromatic N) is 2. The molecule has 0 aliphatic carbocycles. The molecule has 2 N–H and O–H groups in total. The Morgan fingerprint density at radius 1 is 1.20 bits per heavy atom. The summed E-state index contributed by atoms with van der Waals surface area (Å²) in [4.78, 5) is 4.63. The number of hydrogen-bond acceptors (Lipinski definition) is 3. The number of nitrogens with two attached hydrogens (primary N) is 1. The Balaban J connectivity index is 1.79. The molecule has 1 aromatic carbocycles. The zero-order valence-corrected chi connectivity index (χ0v) is 12.4. The van der Waals surface area contributed by atoms with Gasteiger partial charge in [0.05, 0.1) is 5.69 Å². The van der Waals surface area contributed by atoms with E-state index in [1.807, 2.05) is 12.1 Å². The minimum Gasteiger partial charge on any atom is -0.367 e.